The summed E-state index contributed by atoms with van der Waals surface area (Å²) in [6.07, 6.45) is 4.94. The van der Waals surface area contributed by atoms with Crippen molar-refractivity contribution in [2.75, 3.05) is 0 Å². The van der Waals surface area contributed by atoms with Gasteiger partial charge in [-0.1, -0.05) is 89.9 Å². The summed E-state index contributed by atoms with van der Waals surface area (Å²) in [5, 5.41) is 0. The topological polar surface area (TPSA) is 54.0 Å². The second kappa shape index (κ2) is 9.00. The van der Waals surface area contributed by atoms with Gasteiger partial charge in [0.25, 0.3) is 0 Å². The molecule has 5 heterocycles. The van der Waals surface area contributed by atoms with Gasteiger partial charge in [0.2, 0.25) is 0 Å². The summed E-state index contributed by atoms with van der Waals surface area (Å²) in [5.41, 5.74) is 10.7. The Balaban J connectivity index is 0.00000253. The summed E-state index contributed by atoms with van der Waals surface area (Å²) in [6.45, 7) is 6.55. The molecule has 0 saturated heterocycles. The zero-order valence-corrected chi connectivity index (χ0v) is 24.6. The van der Waals surface area contributed by atoms with Crippen LogP contribution in [-0.2, 0) is 31.3 Å². The average molecular weight is 573 g/mol. The first kappa shape index (κ1) is 23.9. The summed E-state index contributed by atoms with van der Waals surface area (Å²) >= 11 is 3.72. The van der Waals surface area contributed by atoms with Crippen LogP contribution in [0.4, 0.5) is 0 Å². The second-order valence-electron chi connectivity index (χ2n) is 9.65. The molecule has 0 spiro atoms. The first-order chi connectivity index (χ1) is 16.3. The molecule has 0 fully saturated rings. The molecule has 0 saturated carbocycles. The molecule has 2 aliphatic rings. The molecule has 0 unspecified atom stereocenters. The van der Waals surface area contributed by atoms with Gasteiger partial charge >= 0.3 is 19.5 Å². The number of fused-ring (bicyclic) bond motifs is 8. The minimum Gasteiger partial charge on any atom is -0.657 e. The van der Waals surface area contributed by atoms with Crippen LogP contribution in [0.5, 0.6) is 0 Å². The van der Waals surface area contributed by atoms with Crippen molar-refractivity contribution < 1.29 is 19.5 Å². The van der Waals surface area contributed by atoms with Crippen LogP contribution in [0, 0.1) is 6.92 Å². The van der Waals surface area contributed by atoms with E-state index >= 15 is 0 Å². The molecule has 0 aliphatic carbocycles. The van der Waals surface area contributed by atoms with Gasteiger partial charge in [0.15, 0.2) is 0 Å². The Morgan fingerprint density at radius 3 is 2.31 bits per heavy atom. The first-order valence-corrected chi connectivity index (χ1v) is 12.2. The van der Waals surface area contributed by atoms with Crippen molar-refractivity contribution in [1.82, 2.24) is 19.9 Å². The predicted octanol–water partition coefficient (Wildman–Crippen LogP) is 7.00. The van der Waals surface area contributed by atoms with Crippen molar-refractivity contribution in [3.63, 3.8) is 0 Å². The Bertz CT molecular complexity index is 1620. The maximum absolute atomic E-state index is 4.99. The van der Waals surface area contributed by atoms with Crippen LogP contribution in [0.15, 0.2) is 65.1 Å². The van der Waals surface area contributed by atoms with Crippen molar-refractivity contribution in [1.29, 1.82) is 0 Å². The number of halogens is 1. The van der Waals surface area contributed by atoms with Gasteiger partial charge in [0.05, 0.1) is 11.4 Å². The second-order valence-corrected chi connectivity index (χ2v) is 10.5. The molecule has 2 aliphatic heterocycles. The molecule has 6 rings (SSSR count). The van der Waals surface area contributed by atoms with Gasteiger partial charge in [-0.15, -0.1) is 22.1 Å². The fourth-order valence-corrected chi connectivity index (χ4v) is 5.01. The molecule has 35 heavy (non-hydrogen) atoms. The number of nitrogens with zero attached hydrogens (tertiary/aromatic N) is 4. The number of aryl methyl sites for hydroxylation is 1. The maximum atomic E-state index is 4.99. The molecule has 0 radical (unpaired) electrons. The molecule has 168 valence electrons. The summed E-state index contributed by atoms with van der Waals surface area (Å²) < 4.78 is 0.934. The van der Waals surface area contributed by atoms with Gasteiger partial charge in [0.1, 0.15) is 0 Å². The van der Waals surface area contributed by atoms with E-state index in [0.29, 0.717) is 0 Å². The smallest absolute Gasteiger partial charge is 0.657 e. The van der Waals surface area contributed by atoms with Crippen LogP contribution in [0.3, 0.4) is 0 Å². The number of rotatable bonds is 1. The number of hydrogen-bond acceptors (Lipinski definition) is 2. The van der Waals surface area contributed by atoms with E-state index in [0.717, 1.165) is 66.9 Å². The van der Waals surface area contributed by atoms with Crippen LogP contribution in [0.2, 0.25) is 0 Å². The third-order valence-corrected chi connectivity index (χ3v) is 7.05. The summed E-state index contributed by atoms with van der Waals surface area (Å²) in [6, 6.07) is 20.9. The van der Waals surface area contributed by atoms with Gasteiger partial charge in [-0.3, -0.25) is 4.98 Å². The Kier molecular flexibility index (Phi) is 6.15. The molecular weight excluding hydrogens is 550 g/mol. The predicted molar refractivity (Wildman–Crippen MR) is 142 cm³/mol. The molecule has 0 N–H and O–H groups in total. The SMILES string of the molecule is Cc1ccc(-c2c3ccc(cc4nc(cc5nc(cc6[n-]c2cc6Br)C=C5)C(C)(C)C4)[n-]3)cc1.[Zn+2]. The molecule has 6 heteroatoms. The minimum absolute atomic E-state index is 0. The van der Waals surface area contributed by atoms with Gasteiger partial charge in [-0.05, 0) is 36.3 Å². The molecule has 0 amide bonds. The maximum Gasteiger partial charge on any atom is 2.00 e. The van der Waals surface area contributed by atoms with E-state index in [4.69, 9.17) is 19.9 Å². The monoisotopic (exact) mass is 570 g/mol. The van der Waals surface area contributed by atoms with Gasteiger partial charge in [-0.2, -0.15) is 0 Å². The van der Waals surface area contributed by atoms with E-state index in [-0.39, 0.29) is 24.9 Å². The van der Waals surface area contributed by atoms with E-state index in [1.54, 1.807) is 0 Å². The van der Waals surface area contributed by atoms with Crippen molar-refractivity contribution in [3.8, 4) is 11.1 Å². The van der Waals surface area contributed by atoms with Crippen LogP contribution in [0.25, 0.3) is 45.3 Å². The van der Waals surface area contributed by atoms with Gasteiger partial charge < -0.3 is 9.97 Å². The summed E-state index contributed by atoms with van der Waals surface area (Å²) in [7, 11) is 0. The zero-order valence-electron chi connectivity index (χ0n) is 20.0. The first-order valence-electron chi connectivity index (χ1n) is 11.4. The molecular formula is C29H23BrN4Zn. The van der Waals surface area contributed by atoms with Crippen LogP contribution < -0.4 is 9.97 Å². The van der Waals surface area contributed by atoms with Crippen LogP contribution in [-0.4, -0.2) is 9.97 Å². The number of benzene rings is 1. The molecule has 3 aromatic heterocycles. The van der Waals surface area contributed by atoms with E-state index in [2.05, 4.69) is 91.3 Å². The standard InChI is InChI=1S/C29H23BrN4.Zn/c1-17-4-6-18(7-5-17)28-24-11-10-19(32-24)12-22-16-29(2,3)27(33-22)14-21-9-8-20(31-21)13-25-23(30)15-26(28)34-25;/h4-15H,16H2,1-3H3;/q-2;+2. The van der Waals surface area contributed by atoms with Gasteiger partial charge in [0, 0.05) is 27.7 Å². The third kappa shape index (κ3) is 4.58. The van der Waals surface area contributed by atoms with E-state index in [9.17, 15) is 0 Å². The van der Waals surface area contributed by atoms with Gasteiger partial charge in [-0.25, -0.2) is 4.98 Å². The summed E-state index contributed by atoms with van der Waals surface area (Å²) in [5.74, 6) is 0. The molecule has 4 nitrogen and oxygen atoms in total. The fraction of sp³-hybridized carbons (Fsp3) is 0.172. The number of aromatic nitrogens is 4. The minimum atomic E-state index is -0.0536. The molecule has 0 atom stereocenters. The fourth-order valence-electron chi connectivity index (χ4n) is 4.59. The average Bonchev–Trinajstić information content (AvgIpc) is 3.55. The third-order valence-electron chi connectivity index (χ3n) is 6.41. The molecule has 1 aromatic carbocycles. The molecule has 4 aromatic rings. The Labute approximate surface area is 225 Å². The largest absolute Gasteiger partial charge is 2.00 e. The van der Waals surface area contributed by atoms with Crippen LogP contribution >= 0.6 is 15.9 Å². The van der Waals surface area contributed by atoms with Crippen molar-refractivity contribution >= 4 is 50.1 Å². The number of hydrogen-bond donors (Lipinski definition) is 0. The Morgan fingerprint density at radius 1 is 0.800 bits per heavy atom. The van der Waals surface area contributed by atoms with E-state index in [1.807, 2.05) is 18.2 Å². The molecule has 8 bridgehead atoms. The summed E-state index contributed by atoms with van der Waals surface area (Å²) in [4.78, 5) is 19.7. The van der Waals surface area contributed by atoms with Crippen LogP contribution in [0.1, 0.15) is 42.2 Å². The van der Waals surface area contributed by atoms with Crippen molar-refractivity contribution in [2.24, 2.45) is 0 Å². The zero-order chi connectivity index (χ0) is 23.4. The normalized spacial score (nSPS) is 14.1. The Morgan fingerprint density at radius 2 is 1.54 bits per heavy atom. The quantitative estimate of drug-likeness (QED) is 0.203. The Hall–Kier alpha value is -2.82. The van der Waals surface area contributed by atoms with E-state index < -0.39 is 0 Å². The van der Waals surface area contributed by atoms with Crippen molar-refractivity contribution in [3.05, 3.63) is 93.5 Å². The van der Waals surface area contributed by atoms with E-state index in [1.165, 1.54) is 5.56 Å². The van der Waals surface area contributed by atoms with Crippen molar-refractivity contribution in [2.45, 2.75) is 32.6 Å².